The molecule has 0 radical (unpaired) electrons. The van der Waals surface area contributed by atoms with Crippen LogP contribution in [0.4, 0.5) is 0 Å². The minimum absolute atomic E-state index is 0.258. The van der Waals surface area contributed by atoms with Crippen molar-refractivity contribution < 1.29 is 5.11 Å². The first-order valence-electron chi connectivity index (χ1n) is 4.72. The van der Waals surface area contributed by atoms with Crippen LogP contribution >= 0.6 is 11.8 Å². The molecule has 1 heterocycles. The average molecular weight is 212 g/mol. The summed E-state index contributed by atoms with van der Waals surface area (Å²) in [6.45, 7) is 4.30. The summed E-state index contributed by atoms with van der Waals surface area (Å²) in [6.07, 6.45) is 4.44. The van der Waals surface area contributed by atoms with Crippen molar-refractivity contribution in [3.63, 3.8) is 0 Å². The SMILES string of the molecule is Cc1cnc(CS[C@H](C)CCO)cn1. The second-order valence-corrected chi connectivity index (χ2v) is 4.71. The standard InChI is InChI=1S/C10H16N2OS/c1-8-5-12-10(6-11-8)7-14-9(2)3-4-13/h5-6,9,13H,3-4,7H2,1-2H3/t9-/m1/s1. The van der Waals surface area contributed by atoms with Crippen molar-refractivity contribution in [2.45, 2.75) is 31.3 Å². The quantitative estimate of drug-likeness (QED) is 0.808. The lowest BCUT2D eigenvalue weighted by molar-refractivity contribution is 0.289. The molecule has 78 valence electrons. The summed E-state index contributed by atoms with van der Waals surface area (Å²) in [7, 11) is 0. The molecule has 3 nitrogen and oxygen atoms in total. The summed E-state index contributed by atoms with van der Waals surface area (Å²) >= 11 is 1.80. The van der Waals surface area contributed by atoms with Gasteiger partial charge >= 0.3 is 0 Å². The zero-order valence-corrected chi connectivity index (χ0v) is 9.42. The van der Waals surface area contributed by atoms with Gasteiger partial charge in [-0.15, -0.1) is 0 Å². The highest BCUT2D eigenvalue weighted by Crippen LogP contribution is 2.17. The summed E-state index contributed by atoms with van der Waals surface area (Å²) in [6, 6.07) is 0. The minimum atomic E-state index is 0.258. The molecule has 0 aliphatic rings. The fourth-order valence-electron chi connectivity index (χ4n) is 0.987. The number of aromatic nitrogens is 2. The molecule has 1 rings (SSSR count). The zero-order valence-electron chi connectivity index (χ0n) is 8.60. The first-order valence-corrected chi connectivity index (χ1v) is 5.77. The molecule has 0 aliphatic heterocycles. The van der Waals surface area contributed by atoms with E-state index in [0.717, 1.165) is 23.6 Å². The Morgan fingerprint density at radius 2 is 2.21 bits per heavy atom. The van der Waals surface area contributed by atoms with Gasteiger partial charge in [0.05, 0.1) is 11.4 Å². The van der Waals surface area contributed by atoms with E-state index < -0.39 is 0 Å². The Balaban J connectivity index is 2.34. The van der Waals surface area contributed by atoms with Gasteiger partial charge in [0.1, 0.15) is 0 Å². The van der Waals surface area contributed by atoms with Crippen LogP contribution in [-0.2, 0) is 5.75 Å². The summed E-state index contributed by atoms with van der Waals surface area (Å²) in [5.41, 5.74) is 1.95. The maximum absolute atomic E-state index is 8.73. The molecule has 14 heavy (non-hydrogen) atoms. The van der Waals surface area contributed by atoms with Crippen LogP contribution in [0.2, 0.25) is 0 Å². The molecule has 0 spiro atoms. The third kappa shape index (κ3) is 4.07. The lowest BCUT2D eigenvalue weighted by atomic mass is 10.3. The van der Waals surface area contributed by atoms with Crippen molar-refractivity contribution in [1.29, 1.82) is 0 Å². The molecule has 0 fully saturated rings. The fraction of sp³-hybridized carbons (Fsp3) is 0.600. The Bertz CT molecular complexity index is 263. The normalized spacial score (nSPS) is 12.8. The van der Waals surface area contributed by atoms with E-state index in [4.69, 9.17) is 5.11 Å². The van der Waals surface area contributed by atoms with E-state index in [1.165, 1.54) is 0 Å². The predicted octanol–water partition coefficient (Wildman–Crippen LogP) is 1.79. The Morgan fingerprint density at radius 1 is 1.43 bits per heavy atom. The van der Waals surface area contributed by atoms with Crippen LogP contribution in [0.1, 0.15) is 24.7 Å². The zero-order chi connectivity index (χ0) is 10.4. The molecule has 0 aliphatic carbocycles. The number of hydrogen-bond acceptors (Lipinski definition) is 4. The van der Waals surface area contributed by atoms with Crippen molar-refractivity contribution in [3.8, 4) is 0 Å². The van der Waals surface area contributed by atoms with Crippen molar-refractivity contribution in [1.82, 2.24) is 9.97 Å². The Morgan fingerprint density at radius 3 is 2.79 bits per heavy atom. The number of hydrogen-bond donors (Lipinski definition) is 1. The van der Waals surface area contributed by atoms with Gasteiger partial charge in [-0.2, -0.15) is 11.8 Å². The molecule has 0 saturated heterocycles. The van der Waals surface area contributed by atoms with Crippen LogP contribution in [-0.4, -0.2) is 26.9 Å². The first kappa shape index (κ1) is 11.5. The number of aliphatic hydroxyl groups is 1. The van der Waals surface area contributed by atoms with E-state index in [1.54, 1.807) is 18.0 Å². The van der Waals surface area contributed by atoms with Crippen LogP contribution in [0, 0.1) is 6.92 Å². The van der Waals surface area contributed by atoms with E-state index >= 15 is 0 Å². The van der Waals surface area contributed by atoms with Crippen LogP contribution in [0.5, 0.6) is 0 Å². The first-order chi connectivity index (χ1) is 6.72. The number of aryl methyl sites for hydroxylation is 1. The third-order valence-electron chi connectivity index (χ3n) is 1.89. The highest BCUT2D eigenvalue weighted by atomic mass is 32.2. The second kappa shape index (κ2) is 5.98. The monoisotopic (exact) mass is 212 g/mol. The largest absolute Gasteiger partial charge is 0.396 e. The van der Waals surface area contributed by atoms with Gasteiger partial charge in [0.25, 0.3) is 0 Å². The Labute approximate surface area is 89.0 Å². The molecule has 0 amide bonds. The van der Waals surface area contributed by atoms with Crippen molar-refractivity contribution >= 4 is 11.8 Å². The van der Waals surface area contributed by atoms with Crippen LogP contribution in [0.25, 0.3) is 0 Å². The Hall–Kier alpha value is -0.610. The van der Waals surface area contributed by atoms with Gasteiger partial charge in [-0.25, -0.2) is 0 Å². The highest BCUT2D eigenvalue weighted by Gasteiger charge is 2.03. The molecule has 1 aromatic rings. The number of rotatable bonds is 5. The average Bonchev–Trinajstić information content (AvgIpc) is 2.17. The van der Waals surface area contributed by atoms with Crippen LogP contribution < -0.4 is 0 Å². The van der Waals surface area contributed by atoms with Gasteiger partial charge < -0.3 is 5.11 Å². The summed E-state index contributed by atoms with van der Waals surface area (Å²) in [4.78, 5) is 8.44. The molecule has 1 aromatic heterocycles. The minimum Gasteiger partial charge on any atom is -0.396 e. The fourth-order valence-corrected chi connectivity index (χ4v) is 1.86. The van der Waals surface area contributed by atoms with Gasteiger partial charge in [0, 0.05) is 30.0 Å². The van der Waals surface area contributed by atoms with E-state index in [-0.39, 0.29) is 6.61 Å². The highest BCUT2D eigenvalue weighted by molar-refractivity contribution is 7.99. The van der Waals surface area contributed by atoms with E-state index in [1.807, 2.05) is 13.1 Å². The molecule has 0 unspecified atom stereocenters. The number of nitrogens with zero attached hydrogens (tertiary/aromatic N) is 2. The van der Waals surface area contributed by atoms with E-state index in [0.29, 0.717) is 5.25 Å². The smallest absolute Gasteiger partial charge is 0.0685 e. The molecule has 4 heteroatoms. The van der Waals surface area contributed by atoms with Gasteiger partial charge in [0.2, 0.25) is 0 Å². The second-order valence-electron chi connectivity index (χ2n) is 3.28. The van der Waals surface area contributed by atoms with Crippen molar-refractivity contribution in [3.05, 3.63) is 23.8 Å². The maximum atomic E-state index is 8.73. The molecular formula is C10H16N2OS. The molecule has 0 bridgehead atoms. The third-order valence-corrected chi connectivity index (χ3v) is 3.15. The molecule has 1 N–H and O–H groups in total. The van der Waals surface area contributed by atoms with E-state index in [9.17, 15) is 0 Å². The lowest BCUT2D eigenvalue weighted by Crippen LogP contribution is -2.01. The molecular weight excluding hydrogens is 196 g/mol. The lowest BCUT2D eigenvalue weighted by Gasteiger charge is -2.08. The predicted molar refractivity (Wildman–Crippen MR) is 59.2 cm³/mol. The van der Waals surface area contributed by atoms with E-state index in [2.05, 4.69) is 16.9 Å². The summed E-state index contributed by atoms with van der Waals surface area (Å²) in [5.74, 6) is 0.869. The number of aliphatic hydroxyl groups excluding tert-OH is 1. The molecule has 1 atom stereocenters. The van der Waals surface area contributed by atoms with Crippen molar-refractivity contribution in [2.75, 3.05) is 6.61 Å². The topological polar surface area (TPSA) is 46.0 Å². The Kier molecular flexibility index (Phi) is 4.90. The van der Waals surface area contributed by atoms with Gasteiger partial charge in [0.15, 0.2) is 0 Å². The maximum Gasteiger partial charge on any atom is 0.0685 e. The summed E-state index contributed by atoms with van der Waals surface area (Å²) in [5, 5.41) is 9.20. The molecule has 0 saturated carbocycles. The molecule has 0 aromatic carbocycles. The van der Waals surface area contributed by atoms with Crippen molar-refractivity contribution in [2.24, 2.45) is 0 Å². The van der Waals surface area contributed by atoms with Gasteiger partial charge in [-0.3, -0.25) is 9.97 Å². The van der Waals surface area contributed by atoms with Crippen LogP contribution in [0.3, 0.4) is 0 Å². The van der Waals surface area contributed by atoms with Gasteiger partial charge in [-0.05, 0) is 13.3 Å². The van der Waals surface area contributed by atoms with Gasteiger partial charge in [-0.1, -0.05) is 6.92 Å². The number of thioether (sulfide) groups is 1. The summed E-state index contributed by atoms with van der Waals surface area (Å²) < 4.78 is 0. The van der Waals surface area contributed by atoms with Crippen LogP contribution in [0.15, 0.2) is 12.4 Å².